The van der Waals surface area contributed by atoms with Gasteiger partial charge in [-0.1, -0.05) is 6.07 Å². The van der Waals surface area contributed by atoms with Crippen molar-refractivity contribution < 1.29 is 9.53 Å². The zero-order valence-corrected chi connectivity index (χ0v) is 11.8. The molecule has 2 aliphatic heterocycles. The molecule has 1 saturated heterocycles. The maximum atomic E-state index is 12.1. The Morgan fingerprint density at radius 1 is 1.47 bits per heavy atom. The van der Waals surface area contributed by atoms with E-state index in [9.17, 15) is 4.79 Å². The lowest BCUT2D eigenvalue weighted by Crippen LogP contribution is -2.26. The Morgan fingerprint density at radius 3 is 3.21 bits per heavy atom. The third-order valence-corrected chi connectivity index (χ3v) is 4.92. The van der Waals surface area contributed by atoms with Crippen LogP contribution in [-0.4, -0.2) is 41.3 Å². The molecule has 2 heterocycles. The fourth-order valence-electron chi connectivity index (χ4n) is 1.78. The number of carbonyl (C=O) groups excluding carboxylic acids is 1. The lowest BCUT2D eigenvalue weighted by molar-refractivity contribution is 0.100. The van der Waals surface area contributed by atoms with E-state index in [1.54, 1.807) is 42.2 Å². The van der Waals surface area contributed by atoms with Gasteiger partial charge in [0.25, 0.3) is 5.91 Å². The molecule has 5 nitrogen and oxygen atoms in total. The van der Waals surface area contributed by atoms with Gasteiger partial charge in [-0.3, -0.25) is 14.7 Å². The summed E-state index contributed by atoms with van der Waals surface area (Å²) in [6, 6.07) is 7.01. The van der Waals surface area contributed by atoms with Gasteiger partial charge < -0.3 is 4.74 Å². The molecule has 0 saturated carbocycles. The normalized spacial score (nSPS) is 19.5. The number of ether oxygens (including phenoxy) is 1. The molecule has 1 aromatic rings. The Kier molecular flexibility index (Phi) is 3.48. The van der Waals surface area contributed by atoms with E-state index in [2.05, 4.69) is 9.98 Å². The Balaban J connectivity index is 1.83. The standard InChI is InChI=1S/C12H11N3O2S2/c1-17-9-4-2-3-8(7-9)10(16)14-12-15-6-5-13-11(15)18-19-12/h2-4,7H,5-6H2,1H3/b14-12-. The zero-order valence-electron chi connectivity index (χ0n) is 10.2. The number of amidine groups is 2. The largest absolute Gasteiger partial charge is 0.497 e. The molecule has 1 amide bonds. The molecular weight excluding hydrogens is 282 g/mol. The van der Waals surface area contributed by atoms with Gasteiger partial charge in [0, 0.05) is 12.1 Å². The molecule has 0 aromatic heterocycles. The van der Waals surface area contributed by atoms with E-state index in [0.29, 0.717) is 16.5 Å². The summed E-state index contributed by atoms with van der Waals surface area (Å²) in [5, 5.41) is 1.66. The average Bonchev–Trinajstić information content (AvgIpc) is 3.04. The van der Waals surface area contributed by atoms with Gasteiger partial charge in [0.1, 0.15) is 5.75 Å². The summed E-state index contributed by atoms with van der Waals surface area (Å²) in [5.41, 5.74) is 0.530. The summed E-state index contributed by atoms with van der Waals surface area (Å²) in [6.07, 6.45) is 0. The second kappa shape index (κ2) is 5.26. The number of hydrogen-bond acceptors (Lipinski definition) is 5. The van der Waals surface area contributed by atoms with Crippen molar-refractivity contribution in [1.82, 2.24) is 4.90 Å². The molecule has 0 N–H and O–H groups in total. The van der Waals surface area contributed by atoms with Gasteiger partial charge in [-0.15, -0.1) is 0 Å². The number of hydrogen-bond donors (Lipinski definition) is 0. The predicted molar refractivity (Wildman–Crippen MR) is 78.9 cm³/mol. The van der Waals surface area contributed by atoms with Gasteiger partial charge >= 0.3 is 0 Å². The van der Waals surface area contributed by atoms with Crippen LogP contribution in [0, 0.1) is 0 Å². The van der Waals surface area contributed by atoms with Gasteiger partial charge in [-0.2, -0.15) is 4.99 Å². The quantitative estimate of drug-likeness (QED) is 0.783. The molecule has 0 spiro atoms. The third kappa shape index (κ3) is 2.48. The number of methoxy groups -OCH3 is 1. The average molecular weight is 293 g/mol. The minimum absolute atomic E-state index is 0.254. The summed E-state index contributed by atoms with van der Waals surface area (Å²) in [5.74, 6) is 0.401. The molecule has 98 valence electrons. The Morgan fingerprint density at radius 2 is 2.37 bits per heavy atom. The first-order chi connectivity index (χ1) is 9.28. The molecule has 2 aliphatic rings. The van der Waals surface area contributed by atoms with Crippen molar-refractivity contribution in [2.45, 2.75) is 0 Å². The Hall–Kier alpha value is -1.47. The molecule has 7 heteroatoms. The highest BCUT2D eigenvalue weighted by atomic mass is 33.1. The van der Waals surface area contributed by atoms with Gasteiger partial charge in [0.05, 0.1) is 13.7 Å². The summed E-state index contributed by atoms with van der Waals surface area (Å²) in [6.45, 7) is 1.58. The van der Waals surface area contributed by atoms with E-state index in [-0.39, 0.29) is 5.91 Å². The van der Waals surface area contributed by atoms with Crippen LogP contribution in [0.15, 0.2) is 34.3 Å². The first-order valence-corrected chi connectivity index (χ1v) is 7.86. The van der Waals surface area contributed by atoms with Crippen molar-refractivity contribution in [3.63, 3.8) is 0 Å². The highest BCUT2D eigenvalue weighted by Gasteiger charge is 2.31. The molecule has 0 radical (unpaired) electrons. The monoisotopic (exact) mass is 293 g/mol. The van der Waals surface area contributed by atoms with Gasteiger partial charge in [0.2, 0.25) is 0 Å². The van der Waals surface area contributed by atoms with Crippen LogP contribution in [0.3, 0.4) is 0 Å². The van der Waals surface area contributed by atoms with Crippen LogP contribution >= 0.6 is 21.6 Å². The van der Waals surface area contributed by atoms with Crippen molar-refractivity contribution >= 4 is 37.8 Å². The zero-order chi connectivity index (χ0) is 13.2. The van der Waals surface area contributed by atoms with E-state index < -0.39 is 0 Å². The lowest BCUT2D eigenvalue weighted by atomic mass is 10.2. The maximum Gasteiger partial charge on any atom is 0.279 e. The number of nitrogens with zero attached hydrogens (tertiary/aromatic N) is 3. The van der Waals surface area contributed by atoms with Crippen molar-refractivity contribution in [1.29, 1.82) is 0 Å². The number of carbonyl (C=O) groups is 1. The van der Waals surface area contributed by atoms with E-state index in [4.69, 9.17) is 4.74 Å². The minimum atomic E-state index is -0.254. The van der Waals surface area contributed by atoms with Crippen LogP contribution in [0.4, 0.5) is 0 Å². The third-order valence-electron chi connectivity index (χ3n) is 2.74. The molecule has 0 aliphatic carbocycles. The van der Waals surface area contributed by atoms with Crippen LogP contribution in [0.1, 0.15) is 10.4 Å². The van der Waals surface area contributed by atoms with Crippen molar-refractivity contribution in [2.24, 2.45) is 9.98 Å². The van der Waals surface area contributed by atoms with Crippen LogP contribution in [0.5, 0.6) is 5.75 Å². The van der Waals surface area contributed by atoms with E-state index >= 15 is 0 Å². The van der Waals surface area contributed by atoms with Crippen LogP contribution in [0.2, 0.25) is 0 Å². The fourth-order valence-corrected chi connectivity index (χ4v) is 4.04. The lowest BCUT2D eigenvalue weighted by Gasteiger charge is -2.09. The van der Waals surface area contributed by atoms with Crippen LogP contribution in [-0.2, 0) is 0 Å². The van der Waals surface area contributed by atoms with Gasteiger partial charge in [0.15, 0.2) is 10.3 Å². The number of fused-ring (bicyclic) bond motifs is 1. The number of benzene rings is 1. The molecular formula is C12H11N3O2S2. The molecule has 0 bridgehead atoms. The Bertz CT molecular complexity index is 586. The number of amides is 1. The fraction of sp³-hybridized carbons (Fsp3) is 0.250. The first-order valence-electron chi connectivity index (χ1n) is 5.71. The maximum absolute atomic E-state index is 12.1. The molecule has 0 atom stereocenters. The Labute approximate surface area is 118 Å². The van der Waals surface area contributed by atoms with Gasteiger partial charge in [-0.05, 0) is 39.8 Å². The van der Waals surface area contributed by atoms with Crippen molar-refractivity contribution in [3.8, 4) is 5.75 Å². The van der Waals surface area contributed by atoms with Crippen molar-refractivity contribution in [3.05, 3.63) is 29.8 Å². The molecule has 1 aromatic carbocycles. The topological polar surface area (TPSA) is 54.3 Å². The number of aliphatic imine (C=N–C) groups is 2. The number of rotatable bonds is 2. The summed E-state index contributed by atoms with van der Waals surface area (Å²) < 4.78 is 5.10. The minimum Gasteiger partial charge on any atom is -0.497 e. The molecule has 19 heavy (non-hydrogen) atoms. The highest BCUT2D eigenvalue weighted by molar-refractivity contribution is 8.88. The van der Waals surface area contributed by atoms with Crippen molar-refractivity contribution in [2.75, 3.05) is 20.2 Å². The highest BCUT2D eigenvalue weighted by Crippen LogP contribution is 2.38. The second-order valence-electron chi connectivity index (χ2n) is 3.91. The summed E-state index contributed by atoms with van der Waals surface area (Å²) in [7, 11) is 4.60. The summed E-state index contributed by atoms with van der Waals surface area (Å²) >= 11 is 0. The second-order valence-corrected chi connectivity index (χ2v) is 5.98. The van der Waals surface area contributed by atoms with E-state index in [0.717, 1.165) is 18.3 Å². The molecule has 3 rings (SSSR count). The summed E-state index contributed by atoms with van der Waals surface area (Å²) in [4.78, 5) is 22.6. The van der Waals surface area contributed by atoms with Gasteiger partial charge in [-0.25, -0.2) is 0 Å². The predicted octanol–water partition coefficient (Wildman–Crippen LogP) is 2.26. The first kappa shape index (κ1) is 12.6. The van der Waals surface area contributed by atoms with E-state index in [1.807, 2.05) is 4.90 Å². The molecule has 1 fully saturated rings. The van der Waals surface area contributed by atoms with E-state index in [1.165, 1.54) is 10.8 Å². The van der Waals surface area contributed by atoms with Crippen LogP contribution in [0.25, 0.3) is 0 Å². The van der Waals surface area contributed by atoms with Crippen LogP contribution < -0.4 is 4.74 Å². The SMILES string of the molecule is COc1cccc(C(=O)/N=C2\SSC3=NCCN32)c1. The smallest absolute Gasteiger partial charge is 0.279 e. The molecule has 0 unspecified atom stereocenters.